The summed E-state index contributed by atoms with van der Waals surface area (Å²) in [4.78, 5) is 11.0. The quantitative estimate of drug-likeness (QED) is 0.178. The van der Waals surface area contributed by atoms with Crippen molar-refractivity contribution in [2.45, 2.75) is 0 Å². The Labute approximate surface area is 360 Å². The predicted molar refractivity (Wildman–Crippen MR) is 263 cm³/mol. The lowest BCUT2D eigenvalue weighted by molar-refractivity contribution is 1.01. The number of aromatic nitrogens is 5. The van der Waals surface area contributed by atoms with Crippen molar-refractivity contribution in [2.75, 3.05) is 0 Å². The van der Waals surface area contributed by atoms with Crippen LogP contribution in [-0.2, 0) is 0 Å². The van der Waals surface area contributed by atoms with E-state index in [-0.39, 0.29) is 0 Å². The minimum absolute atomic E-state index is 0.632. The zero-order valence-electron chi connectivity index (χ0n) is 33.9. The number of hydrogen-bond acceptors (Lipinski definition) is 2. The van der Waals surface area contributed by atoms with E-state index in [0.29, 0.717) is 5.95 Å². The van der Waals surface area contributed by atoms with Crippen LogP contribution < -0.4 is 0 Å². The summed E-state index contributed by atoms with van der Waals surface area (Å²) in [6.07, 6.45) is 0. The van der Waals surface area contributed by atoms with Gasteiger partial charge in [0.1, 0.15) is 0 Å². The van der Waals surface area contributed by atoms with E-state index in [1.54, 1.807) is 0 Å². The Kier molecular flexibility index (Phi) is 7.05. The highest BCUT2D eigenvalue weighted by Gasteiger charge is 2.23. The second-order valence-electron chi connectivity index (χ2n) is 16.6. The summed E-state index contributed by atoms with van der Waals surface area (Å²) < 4.78 is 7.13. The van der Waals surface area contributed by atoms with Crippen molar-refractivity contribution in [3.05, 3.63) is 212 Å². The van der Waals surface area contributed by atoms with Crippen molar-refractivity contribution in [2.24, 2.45) is 0 Å². The molecule has 63 heavy (non-hydrogen) atoms. The van der Waals surface area contributed by atoms with Gasteiger partial charge in [-0.05, 0) is 94.3 Å². The van der Waals surface area contributed by atoms with Crippen molar-refractivity contribution >= 4 is 97.9 Å². The van der Waals surface area contributed by atoms with Gasteiger partial charge in [0.15, 0.2) is 0 Å². The Balaban J connectivity index is 1.08. The molecule has 14 rings (SSSR count). The maximum Gasteiger partial charge on any atom is 0.235 e. The molecule has 5 nitrogen and oxygen atoms in total. The van der Waals surface area contributed by atoms with E-state index >= 15 is 0 Å². The molecule has 0 fully saturated rings. The molecular weight excluding hydrogens is 767 g/mol. The van der Waals surface area contributed by atoms with Crippen LogP contribution in [-0.4, -0.2) is 23.7 Å². The van der Waals surface area contributed by atoms with Gasteiger partial charge in [0, 0.05) is 49.0 Å². The van der Waals surface area contributed by atoms with E-state index in [4.69, 9.17) is 9.97 Å². The zero-order chi connectivity index (χ0) is 41.2. The summed E-state index contributed by atoms with van der Waals surface area (Å²) in [5.41, 5.74) is 11.8. The van der Waals surface area contributed by atoms with Crippen molar-refractivity contribution in [1.82, 2.24) is 23.7 Å². The summed E-state index contributed by atoms with van der Waals surface area (Å²) in [6.45, 7) is 0. The van der Waals surface area contributed by atoms with E-state index in [1.807, 2.05) is 0 Å². The number of fused-ring (bicyclic) bond motifs is 12. The SMILES string of the molecule is c1ccc(-n2c3ccccc3c3ccc(-c4nc(-n5c6cc7ccccc7cc6c6c(-n7c8ccccc8c8cc9ccccc9cc87)cccc65)nc5ccccc45)cc32)cc1. The maximum absolute atomic E-state index is 5.62. The number of hydrogen-bond donors (Lipinski definition) is 0. The van der Waals surface area contributed by atoms with Gasteiger partial charge < -0.3 is 9.13 Å². The first-order valence-corrected chi connectivity index (χ1v) is 21.5. The zero-order valence-corrected chi connectivity index (χ0v) is 33.9. The lowest BCUT2D eigenvalue weighted by Gasteiger charge is -2.13. The molecule has 0 aliphatic carbocycles. The highest BCUT2D eigenvalue weighted by Crippen LogP contribution is 2.43. The highest BCUT2D eigenvalue weighted by atomic mass is 15.2. The van der Waals surface area contributed by atoms with Gasteiger partial charge in [-0.25, -0.2) is 9.97 Å². The molecule has 5 heteroatoms. The lowest BCUT2D eigenvalue weighted by Crippen LogP contribution is -2.04. The van der Waals surface area contributed by atoms with Gasteiger partial charge in [-0.2, -0.15) is 0 Å². The fourth-order valence-corrected chi connectivity index (χ4v) is 10.4. The molecule has 0 atom stereocenters. The average molecular weight is 802 g/mol. The molecule has 0 spiro atoms. The van der Waals surface area contributed by atoms with Crippen LogP contribution in [0.3, 0.4) is 0 Å². The van der Waals surface area contributed by atoms with Crippen LogP contribution in [0.1, 0.15) is 0 Å². The molecule has 0 aliphatic rings. The molecule has 0 aliphatic heterocycles. The van der Waals surface area contributed by atoms with Gasteiger partial charge in [-0.1, -0.05) is 140 Å². The summed E-state index contributed by atoms with van der Waals surface area (Å²) in [5.74, 6) is 0.632. The van der Waals surface area contributed by atoms with Crippen LogP contribution in [0, 0.1) is 0 Å². The Hall–Kier alpha value is -8.54. The largest absolute Gasteiger partial charge is 0.309 e. The first-order valence-electron chi connectivity index (χ1n) is 21.5. The van der Waals surface area contributed by atoms with Gasteiger partial charge in [0.05, 0.1) is 50.0 Å². The maximum atomic E-state index is 5.62. The van der Waals surface area contributed by atoms with Crippen LogP contribution in [0.4, 0.5) is 0 Å². The Morgan fingerprint density at radius 2 is 0.841 bits per heavy atom. The molecule has 0 bridgehead atoms. The molecule has 292 valence electrons. The van der Waals surface area contributed by atoms with E-state index in [1.165, 1.54) is 59.6 Å². The summed E-state index contributed by atoms with van der Waals surface area (Å²) in [5, 5.41) is 13.0. The number of rotatable bonds is 4. The van der Waals surface area contributed by atoms with Gasteiger partial charge in [0.2, 0.25) is 5.95 Å². The Bertz CT molecular complexity index is 4210. The van der Waals surface area contributed by atoms with Crippen LogP contribution in [0.2, 0.25) is 0 Å². The molecule has 0 saturated heterocycles. The molecule has 10 aromatic carbocycles. The minimum atomic E-state index is 0.632. The second kappa shape index (κ2) is 13.0. The smallest absolute Gasteiger partial charge is 0.235 e. The Morgan fingerprint density at radius 3 is 1.59 bits per heavy atom. The van der Waals surface area contributed by atoms with Crippen LogP contribution in [0.25, 0.3) is 126 Å². The van der Waals surface area contributed by atoms with E-state index in [9.17, 15) is 0 Å². The predicted octanol–water partition coefficient (Wildman–Crippen LogP) is 14.9. The first kappa shape index (κ1) is 34.2. The lowest BCUT2D eigenvalue weighted by atomic mass is 10.0. The second-order valence-corrected chi connectivity index (χ2v) is 16.6. The summed E-state index contributed by atoms with van der Waals surface area (Å²) >= 11 is 0. The third-order valence-corrected chi connectivity index (χ3v) is 13.2. The van der Waals surface area contributed by atoms with Gasteiger partial charge in [-0.15, -0.1) is 0 Å². The monoisotopic (exact) mass is 801 g/mol. The molecule has 0 amide bonds. The summed E-state index contributed by atoms with van der Waals surface area (Å²) in [6, 6.07) is 76.7. The van der Waals surface area contributed by atoms with Crippen LogP contribution in [0.5, 0.6) is 0 Å². The van der Waals surface area contributed by atoms with Gasteiger partial charge in [-0.3, -0.25) is 4.57 Å². The molecule has 4 aromatic heterocycles. The Morgan fingerprint density at radius 1 is 0.302 bits per heavy atom. The first-order chi connectivity index (χ1) is 31.2. The van der Waals surface area contributed by atoms with Crippen molar-refractivity contribution in [1.29, 1.82) is 0 Å². The van der Waals surface area contributed by atoms with Crippen molar-refractivity contribution in [3.63, 3.8) is 0 Å². The third-order valence-electron chi connectivity index (χ3n) is 13.2. The third kappa shape index (κ3) is 4.93. The number of nitrogens with zero attached hydrogens (tertiary/aromatic N) is 5. The minimum Gasteiger partial charge on any atom is -0.309 e. The standard InChI is InChI=1S/C58H35N5/c1-2-19-41(20-3-1)61-49-25-12-9-21-42(49)44-30-29-40(35-53(44)61)57-45-23-8-11-24-48(45)59-58(60-57)63-52-28-14-27-51(56(52)47-32-37-16-5-7-18-39(37)34-55(47)63)62-50-26-13-10-22-43(50)46-31-36-15-4-6-17-38(36)33-54(46)62/h1-35H. The van der Waals surface area contributed by atoms with E-state index in [2.05, 4.69) is 226 Å². The number of benzene rings is 10. The molecule has 14 aromatic rings. The van der Waals surface area contributed by atoms with Crippen LogP contribution in [0.15, 0.2) is 212 Å². The fraction of sp³-hybridized carbons (Fsp3) is 0. The normalized spacial score (nSPS) is 12.1. The summed E-state index contributed by atoms with van der Waals surface area (Å²) in [7, 11) is 0. The topological polar surface area (TPSA) is 40.6 Å². The number of para-hydroxylation sites is 4. The molecule has 0 radical (unpaired) electrons. The van der Waals surface area contributed by atoms with E-state index in [0.717, 1.165) is 60.9 Å². The van der Waals surface area contributed by atoms with Crippen molar-refractivity contribution in [3.8, 4) is 28.6 Å². The highest BCUT2D eigenvalue weighted by molar-refractivity contribution is 6.20. The van der Waals surface area contributed by atoms with Crippen molar-refractivity contribution < 1.29 is 0 Å². The fourth-order valence-electron chi connectivity index (χ4n) is 10.4. The molecule has 0 saturated carbocycles. The van der Waals surface area contributed by atoms with Crippen LogP contribution >= 0.6 is 0 Å². The molecule has 0 N–H and O–H groups in total. The molecule has 4 heterocycles. The average Bonchev–Trinajstić information content (AvgIpc) is 3.97. The molecular formula is C58H35N5. The van der Waals surface area contributed by atoms with E-state index < -0.39 is 0 Å². The molecule has 0 unspecified atom stereocenters. The van der Waals surface area contributed by atoms with Gasteiger partial charge >= 0.3 is 0 Å². The van der Waals surface area contributed by atoms with Gasteiger partial charge in [0.25, 0.3) is 0 Å².